The van der Waals surface area contributed by atoms with E-state index in [4.69, 9.17) is 0 Å². The zero-order chi connectivity index (χ0) is 14.7. The summed E-state index contributed by atoms with van der Waals surface area (Å²) in [6, 6.07) is 4.15. The van der Waals surface area contributed by atoms with Crippen LogP contribution >= 0.6 is 0 Å². The van der Waals surface area contributed by atoms with Crippen LogP contribution < -0.4 is 5.32 Å². The van der Waals surface area contributed by atoms with Crippen LogP contribution in [0, 0.1) is 15.9 Å². The van der Waals surface area contributed by atoms with Gasteiger partial charge in [-0.05, 0) is 6.42 Å². The Morgan fingerprint density at radius 1 is 1.50 bits per heavy atom. The minimum Gasteiger partial charge on any atom is -0.378 e. The van der Waals surface area contributed by atoms with Gasteiger partial charge in [-0.15, -0.1) is 0 Å². The average Bonchev–Trinajstić information content (AvgIpc) is 2.77. The van der Waals surface area contributed by atoms with Gasteiger partial charge in [-0.1, -0.05) is 19.1 Å². The Morgan fingerprint density at radius 3 is 2.90 bits per heavy atom. The van der Waals surface area contributed by atoms with E-state index in [-0.39, 0.29) is 12.1 Å². The van der Waals surface area contributed by atoms with Gasteiger partial charge >= 0.3 is 5.69 Å². The third-order valence-corrected chi connectivity index (χ3v) is 2.96. The molecule has 6 nitrogen and oxygen atoms in total. The summed E-state index contributed by atoms with van der Waals surface area (Å²) in [4.78, 5) is 9.96. The number of hydrogen-bond donors (Lipinski definition) is 1. The molecular weight excluding hydrogens is 263 g/mol. The Labute approximate surface area is 115 Å². The van der Waals surface area contributed by atoms with E-state index >= 15 is 0 Å². The van der Waals surface area contributed by atoms with Gasteiger partial charge < -0.3 is 5.32 Å². The van der Waals surface area contributed by atoms with E-state index in [1.807, 2.05) is 6.92 Å². The molecule has 1 heterocycles. The van der Waals surface area contributed by atoms with Gasteiger partial charge in [0.2, 0.25) is 5.82 Å². The zero-order valence-electron chi connectivity index (χ0n) is 11.3. The van der Waals surface area contributed by atoms with Crippen LogP contribution in [-0.4, -0.2) is 14.7 Å². The lowest BCUT2D eigenvalue weighted by Gasteiger charge is -2.06. The summed E-state index contributed by atoms with van der Waals surface area (Å²) in [5.74, 6) is -0.799. The first-order chi connectivity index (χ1) is 9.52. The molecule has 0 aliphatic rings. The second kappa shape index (κ2) is 5.68. The lowest BCUT2D eigenvalue weighted by molar-refractivity contribution is -0.387. The number of hydrogen-bond acceptors (Lipinski definition) is 4. The maximum Gasteiger partial charge on any atom is 0.305 e. The van der Waals surface area contributed by atoms with Crippen LogP contribution in [0.4, 0.5) is 15.8 Å². The molecule has 0 saturated heterocycles. The van der Waals surface area contributed by atoms with Gasteiger partial charge in [0, 0.05) is 31.4 Å². The SMILES string of the molecule is CCc1nn(C)cc1NCc1cccc([N+](=O)[O-])c1F. The normalized spacial score (nSPS) is 10.6. The van der Waals surface area contributed by atoms with E-state index in [2.05, 4.69) is 10.4 Å². The summed E-state index contributed by atoms with van der Waals surface area (Å²) in [6.45, 7) is 2.15. The van der Waals surface area contributed by atoms with Gasteiger partial charge in [0.05, 0.1) is 16.3 Å². The molecule has 0 radical (unpaired) electrons. The predicted octanol–water partition coefficient (Wildman–Crippen LogP) is 2.64. The predicted molar refractivity (Wildman–Crippen MR) is 73.0 cm³/mol. The van der Waals surface area contributed by atoms with Crippen LogP contribution in [0.5, 0.6) is 0 Å². The summed E-state index contributed by atoms with van der Waals surface area (Å²) in [5, 5.41) is 18.0. The number of nitrogens with one attached hydrogen (secondary N) is 1. The molecule has 0 saturated carbocycles. The Morgan fingerprint density at radius 2 is 2.25 bits per heavy atom. The summed E-state index contributed by atoms with van der Waals surface area (Å²) in [6.07, 6.45) is 2.55. The topological polar surface area (TPSA) is 73.0 Å². The Bertz CT molecular complexity index is 639. The molecule has 0 unspecified atom stereocenters. The molecule has 2 rings (SSSR count). The molecule has 0 spiro atoms. The lowest BCUT2D eigenvalue weighted by Crippen LogP contribution is -2.04. The monoisotopic (exact) mass is 278 g/mol. The lowest BCUT2D eigenvalue weighted by atomic mass is 10.2. The van der Waals surface area contributed by atoms with Crippen LogP contribution in [-0.2, 0) is 20.0 Å². The van der Waals surface area contributed by atoms with Crippen molar-refractivity contribution in [2.75, 3.05) is 5.32 Å². The summed E-state index contributed by atoms with van der Waals surface area (Å²) in [7, 11) is 1.80. The van der Waals surface area contributed by atoms with E-state index < -0.39 is 16.4 Å². The molecule has 1 N–H and O–H groups in total. The minimum absolute atomic E-state index is 0.173. The van der Waals surface area contributed by atoms with Crippen LogP contribution in [0.15, 0.2) is 24.4 Å². The second-order valence-corrected chi connectivity index (χ2v) is 4.38. The van der Waals surface area contributed by atoms with Crippen molar-refractivity contribution in [3.63, 3.8) is 0 Å². The Kier molecular flexibility index (Phi) is 3.97. The number of nitrogens with zero attached hydrogens (tertiary/aromatic N) is 3. The van der Waals surface area contributed by atoms with Crippen LogP contribution in [0.25, 0.3) is 0 Å². The van der Waals surface area contributed by atoms with E-state index in [9.17, 15) is 14.5 Å². The minimum atomic E-state index is -0.799. The molecular formula is C13H15FN4O2. The molecule has 0 fully saturated rings. The maximum absolute atomic E-state index is 13.9. The molecule has 0 atom stereocenters. The molecule has 106 valence electrons. The second-order valence-electron chi connectivity index (χ2n) is 4.38. The van der Waals surface area contributed by atoms with E-state index in [1.165, 1.54) is 12.1 Å². The molecule has 0 aliphatic carbocycles. The van der Waals surface area contributed by atoms with Gasteiger partial charge in [0.15, 0.2) is 0 Å². The number of nitro groups is 1. The zero-order valence-corrected chi connectivity index (χ0v) is 11.3. The number of benzene rings is 1. The number of aromatic nitrogens is 2. The highest BCUT2D eigenvalue weighted by molar-refractivity contribution is 5.47. The average molecular weight is 278 g/mol. The smallest absolute Gasteiger partial charge is 0.305 e. The van der Waals surface area contributed by atoms with Crippen molar-refractivity contribution >= 4 is 11.4 Å². The van der Waals surface area contributed by atoms with Gasteiger partial charge in [0.1, 0.15) is 0 Å². The first-order valence-corrected chi connectivity index (χ1v) is 6.21. The fourth-order valence-corrected chi connectivity index (χ4v) is 1.98. The summed E-state index contributed by atoms with van der Waals surface area (Å²) >= 11 is 0. The summed E-state index contributed by atoms with van der Waals surface area (Å²) in [5.41, 5.74) is 1.43. The third-order valence-electron chi connectivity index (χ3n) is 2.96. The van der Waals surface area contributed by atoms with Crippen LogP contribution in [0.3, 0.4) is 0 Å². The number of nitro benzene ring substituents is 1. The first kappa shape index (κ1) is 14.0. The van der Waals surface area contributed by atoms with Gasteiger partial charge in [-0.2, -0.15) is 9.49 Å². The van der Waals surface area contributed by atoms with Gasteiger partial charge in [0.25, 0.3) is 0 Å². The van der Waals surface area contributed by atoms with Crippen molar-refractivity contribution in [3.8, 4) is 0 Å². The molecule has 0 bridgehead atoms. The van der Waals surface area contributed by atoms with Crippen LogP contribution in [0.1, 0.15) is 18.2 Å². The van der Waals surface area contributed by atoms with Gasteiger partial charge in [-0.3, -0.25) is 14.8 Å². The molecule has 1 aromatic carbocycles. The highest BCUT2D eigenvalue weighted by atomic mass is 19.1. The van der Waals surface area contributed by atoms with E-state index in [1.54, 1.807) is 17.9 Å². The van der Waals surface area contributed by atoms with Gasteiger partial charge in [-0.25, -0.2) is 0 Å². The molecule has 2 aromatic rings. The first-order valence-electron chi connectivity index (χ1n) is 6.21. The molecule has 20 heavy (non-hydrogen) atoms. The standard InChI is InChI=1S/C13H15FN4O2/c1-3-10-11(8-17(2)16-10)15-7-9-5-4-6-12(13(9)14)18(19)20/h4-6,8,15H,3,7H2,1-2H3. The van der Waals surface area contributed by atoms with Crippen molar-refractivity contribution in [2.45, 2.75) is 19.9 Å². The highest BCUT2D eigenvalue weighted by Crippen LogP contribution is 2.22. The highest BCUT2D eigenvalue weighted by Gasteiger charge is 2.17. The summed E-state index contributed by atoms with van der Waals surface area (Å²) < 4.78 is 15.6. The van der Waals surface area contributed by atoms with E-state index in [0.717, 1.165) is 23.9 Å². The quantitative estimate of drug-likeness (QED) is 0.674. The number of aryl methyl sites for hydroxylation is 2. The Hall–Kier alpha value is -2.44. The van der Waals surface area contributed by atoms with E-state index in [0.29, 0.717) is 0 Å². The fourth-order valence-electron chi connectivity index (χ4n) is 1.98. The number of anilines is 1. The van der Waals surface area contributed by atoms with Crippen molar-refractivity contribution in [1.29, 1.82) is 0 Å². The molecule has 7 heteroatoms. The largest absolute Gasteiger partial charge is 0.378 e. The molecule has 0 aliphatic heterocycles. The van der Waals surface area contributed by atoms with Crippen molar-refractivity contribution in [1.82, 2.24) is 9.78 Å². The number of halogens is 1. The van der Waals surface area contributed by atoms with Crippen LogP contribution in [0.2, 0.25) is 0 Å². The van der Waals surface area contributed by atoms with Crippen molar-refractivity contribution in [3.05, 3.63) is 51.6 Å². The van der Waals surface area contributed by atoms with Crippen molar-refractivity contribution in [2.24, 2.45) is 7.05 Å². The third kappa shape index (κ3) is 2.76. The molecule has 0 amide bonds. The molecule has 1 aromatic heterocycles. The Balaban J connectivity index is 2.19. The number of rotatable bonds is 5. The van der Waals surface area contributed by atoms with Crippen molar-refractivity contribution < 1.29 is 9.31 Å². The fraction of sp³-hybridized carbons (Fsp3) is 0.308. The maximum atomic E-state index is 13.9.